The molecular weight excluding hydrogens is 291 g/mol. The van der Waals surface area contributed by atoms with Crippen molar-refractivity contribution >= 4 is 30.9 Å². The van der Waals surface area contributed by atoms with E-state index in [4.69, 9.17) is 4.43 Å². The van der Waals surface area contributed by atoms with Crippen molar-refractivity contribution in [1.29, 1.82) is 0 Å². The van der Waals surface area contributed by atoms with Gasteiger partial charge >= 0.3 is 0 Å². The lowest BCUT2D eigenvalue weighted by atomic mass is 10.2. The molecule has 0 saturated carbocycles. The molecule has 1 unspecified atom stereocenters. The fourth-order valence-electron chi connectivity index (χ4n) is 0.612. The van der Waals surface area contributed by atoms with Crippen molar-refractivity contribution in [1.82, 2.24) is 0 Å². The zero-order valence-electron chi connectivity index (χ0n) is 9.78. The first-order valence-corrected chi connectivity index (χ1v) is 9.34. The molecule has 0 aliphatic heterocycles. The Morgan fingerprint density at radius 1 is 1.31 bits per heavy atom. The topological polar surface area (TPSA) is 9.23 Å². The molecule has 0 heterocycles. The predicted molar refractivity (Wildman–Crippen MR) is 71.2 cm³/mol. The Hall–Kier alpha value is 0.907. The van der Waals surface area contributed by atoms with Gasteiger partial charge in [0.2, 0.25) is 0 Å². The fourth-order valence-corrected chi connectivity index (χ4v) is 2.00. The molecule has 3 heteroatoms. The first-order chi connectivity index (χ1) is 5.70. The molecule has 0 radical (unpaired) electrons. The molecule has 0 saturated heterocycles. The van der Waals surface area contributed by atoms with Crippen molar-refractivity contribution in [3.8, 4) is 0 Å². The lowest BCUT2D eigenvalue weighted by molar-refractivity contribution is 0.250. The molecule has 0 aliphatic rings. The Balaban J connectivity index is 4.04. The molecule has 0 aromatic carbocycles. The van der Waals surface area contributed by atoms with E-state index in [-0.39, 0.29) is 0 Å². The molecule has 0 amide bonds. The van der Waals surface area contributed by atoms with Crippen LogP contribution in [0.5, 0.6) is 0 Å². The molecule has 1 nitrogen and oxygen atoms in total. The maximum Gasteiger partial charge on any atom is 0.191 e. The Bertz CT molecular complexity index is 151. The summed E-state index contributed by atoms with van der Waals surface area (Å²) in [6.07, 6.45) is 0. The number of rotatable bonds is 4. The standard InChI is InChI=1S/C10H23IOSi/c1-9(7-11)8-12-13(5,6)10(2,3)4/h9H,7-8H2,1-6H3. The summed E-state index contributed by atoms with van der Waals surface area (Å²) in [7, 11) is -1.49. The molecule has 0 spiro atoms. The summed E-state index contributed by atoms with van der Waals surface area (Å²) in [5, 5.41) is 0.345. The zero-order valence-corrected chi connectivity index (χ0v) is 12.9. The molecule has 0 N–H and O–H groups in total. The van der Waals surface area contributed by atoms with Crippen LogP contribution in [0.3, 0.4) is 0 Å². The summed E-state index contributed by atoms with van der Waals surface area (Å²) in [6, 6.07) is 0. The van der Waals surface area contributed by atoms with E-state index in [0.29, 0.717) is 11.0 Å². The number of hydrogen-bond acceptors (Lipinski definition) is 1. The fraction of sp³-hybridized carbons (Fsp3) is 1.00. The molecule has 13 heavy (non-hydrogen) atoms. The van der Waals surface area contributed by atoms with Crippen molar-refractivity contribution in [2.45, 2.75) is 45.8 Å². The van der Waals surface area contributed by atoms with E-state index in [1.165, 1.54) is 4.43 Å². The summed E-state index contributed by atoms with van der Waals surface area (Å²) >= 11 is 2.42. The van der Waals surface area contributed by atoms with Crippen molar-refractivity contribution in [2.75, 3.05) is 11.0 Å². The van der Waals surface area contributed by atoms with Crippen molar-refractivity contribution in [3.63, 3.8) is 0 Å². The van der Waals surface area contributed by atoms with Crippen LogP contribution in [0.2, 0.25) is 18.1 Å². The number of alkyl halides is 1. The van der Waals surface area contributed by atoms with Crippen LogP contribution in [-0.4, -0.2) is 19.4 Å². The van der Waals surface area contributed by atoms with Gasteiger partial charge in [0, 0.05) is 11.0 Å². The first kappa shape index (κ1) is 13.9. The van der Waals surface area contributed by atoms with E-state index in [1.807, 2.05) is 0 Å². The second kappa shape index (κ2) is 5.12. The summed E-state index contributed by atoms with van der Waals surface area (Å²) in [4.78, 5) is 0. The Morgan fingerprint density at radius 2 is 1.77 bits per heavy atom. The summed E-state index contributed by atoms with van der Waals surface area (Å²) < 4.78 is 7.27. The van der Waals surface area contributed by atoms with E-state index in [2.05, 4.69) is 63.4 Å². The van der Waals surface area contributed by atoms with E-state index in [0.717, 1.165) is 6.61 Å². The predicted octanol–water partition coefficient (Wildman–Crippen LogP) is 4.08. The average molecular weight is 314 g/mol. The van der Waals surface area contributed by atoms with Crippen molar-refractivity contribution in [3.05, 3.63) is 0 Å². The molecule has 0 aromatic rings. The molecule has 0 bridgehead atoms. The third-order valence-corrected chi connectivity index (χ3v) is 8.80. The normalized spacial score (nSPS) is 15.9. The zero-order chi connectivity index (χ0) is 10.7. The van der Waals surface area contributed by atoms with Crippen LogP contribution >= 0.6 is 22.6 Å². The van der Waals surface area contributed by atoms with Crippen LogP contribution in [0, 0.1) is 5.92 Å². The summed E-state index contributed by atoms with van der Waals surface area (Å²) in [5.74, 6) is 0.690. The van der Waals surface area contributed by atoms with Crippen LogP contribution in [-0.2, 0) is 4.43 Å². The van der Waals surface area contributed by atoms with Gasteiger partial charge in [0.1, 0.15) is 0 Å². The average Bonchev–Trinajstić information content (AvgIpc) is 1.98. The van der Waals surface area contributed by atoms with Crippen LogP contribution in [0.15, 0.2) is 0 Å². The van der Waals surface area contributed by atoms with E-state index in [1.54, 1.807) is 0 Å². The second-order valence-corrected chi connectivity index (χ2v) is 11.0. The first-order valence-electron chi connectivity index (χ1n) is 4.90. The van der Waals surface area contributed by atoms with E-state index < -0.39 is 8.32 Å². The number of halogens is 1. The second-order valence-electron chi connectivity index (χ2n) is 5.33. The van der Waals surface area contributed by atoms with Gasteiger partial charge in [0.05, 0.1) is 0 Å². The molecule has 0 aromatic heterocycles. The lowest BCUT2D eigenvalue weighted by Gasteiger charge is -2.36. The monoisotopic (exact) mass is 314 g/mol. The van der Waals surface area contributed by atoms with Gasteiger partial charge in [-0.1, -0.05) is 50.3 Å². The Labute approximate surface area is 97.9 Å². The molecule has 80 valence electrons. The third kappa shape index (κ3) is 4.79. The summed E-state index contributed by atoms with van der Waals surface area (Å²) in [6.45, 7) is 14.7. The maximum atomic E-state index is 6.08. The van der Waals surface area contributed by atoms with Gasteiger partial charge in [-0.2, -0.15) is 0 Å². The van der Waals surface area contributed by atoms with Crippen LogP contribution in [0.25, 0.3) is 0 Å². The van der Waals surface area contributed by atoms with Crippen LogP contribution in [0.1, 0.15) is 27.7 Å². The van der Waals surface area contributed by atoms with Gasteiger partial charge < -0.3 is 4.43 Å². The van der Waals surface area contributed by atoms with Crippen LogP contribution < -0.4 is 0 Å². The maximum absolute atomic E-state index is 6.08. The van der Waals surface area contributed by atoms with Gasteiger partial charge in [-0.05, 0) is 24.1 Å². The minimum Gasteiger partial charge on any atom is -0.417 e. The van der Waals surface area contributed by atoms with Gasteiger partial charge in [-0.25, -0.2) is 0 Å². The van der Waals surface area contributed by atoms with Gasteiger partial charge in [0.25, 0.3) is 0 Å². The molecule has 0 fully saturated rings. The van der Waals surface area contributed by atoms with Crippen LogP contribution in [0.4, 0.5) is 0 Å². The quantitative estimate of drug-likeness (QED) is 0.432. The van der Waals surface area contributed by atoms with Gasteiger partial charge in [0.15, 0.2) is 8.32 Å². The number of hydrogen-bond donors (Lipinski definition) is 0. The highest BCUT2D eigenvalue weighted by atomic mass is 127. The van der Waals surface area contributed by atoms with Crippen molar-refractivity contribution in [2.24, 2.45) is 5.92 Å². The molecule has 0 aliphatic carbocycles. The van der Waals surface area contributed by atoms with E-state index >= 15 is 0 Å². The van der Waals surface area contributed by atoms with Gasteiger partial charge in [-0.3, -0.25) is 0 Å². The van der Waals surface area contributed by atoms with E-state index in [9.17, 15) is 0 Å². The lowest BCUT2D eigenvalue weighted by Crippen LogP contribution is -2.41. The smallest absolute Gasteiger partial charge is 0.191 e. The molecule has 1 atom stereocenters. The summed E-state index contributed by atoms with van der Waals surface area (Å²) in [5.41, 5.74) is 0. The molecular formula is C10H23IOSi. The Kier molecular flexibility index (Phi) is 5.48. The SMILES string of the molecule is CC(CI)CO[Si](C)(C)C(C)(C)C. The largest absolute Gasteiger partial charge is 0.417 e. The Morgan fingerprint density at radius 3 is 2.08 bits per heavy atom. The highest BCUT2D eigenvalue weighted by Gasteiger charge is 2.37. The third-order valence-electron chi connectivity index (χ3n) is 2.80. The minimum absolute atomic E-state index is 0.345. The highest BCUT2D eigenvalue weighted by Crippen LogP contribution is 2.36. The minimum atomic E-state index is -1.49. The molecule has 0 rings (SSSR count). The van der Waals surface area contributed by atoms with Crippen molar-refractivity contribution < 1.29 is 4.43 Å². The van der Waals surface area contributed by atoms with Gasteiger partial charge in [-0.15, -0.1) is 0 Å². The highest BCUT2D eigenvalue weighted by molar-refractivity contribution is 14.1.